The van der Waals surface area contributed by atoms with Gasteiger partial charge in [0, 0.05) is 57.7 Å². The molecular formula is C51H38BN5O. The maximum atomic E-state index is 6.81. The van der Waals surface area contributed by atoms with Gasteiger partial charge in [-0.15, -0.1) is 0 Å². The summed E-state index contributed by atoms with van der Waals surface area (Å²) in [6.07, 6.45) is 4.20. The molecule has 0 fully saturated rings. The van der Waals surface area contributed by atoms with Crippen molar-refractivity contribution in [3.8, 4) is 39.6 Å². The fourth-order valence-corrected chi connectivity index (χ4v) is 8.90. The SMILES string of the molecule is CB1C2=CN(c3c(-c4ccccc4)cccc3-c3ccccc3)CN2c2cc(Oc3ccc4c5ccccc5n(-c5ccccn5)c4c3)ccc2N1c1ccccc1. The molecule has 0 bridgehead atoms. The Morgan fingerprint density at radius 3 is 1.91 bits per heavy atom. The molecule has 7 heteroatoms. The fourth-order valence-electron chi connectivity index (χ4n) is 8.90. The molecule has 4 heterocycles. The van der Waals surface area contributed by atoms with Gasteiger partial charge in [0.05, 0.1) is 34.8 Å². The van der Waals surface area contributed by atoms with Crippen LogP contribution in [0, 0.1) is 0 Å². The number of anilines is 4. The molecule has 0 N–H and O–H groups in total. The normalized spacial score (nSPS) is 13.5. The summed E-state index contributed by atoms with van der Waals surface area (Å²) in [7, 11) is 0. The lowest BCUT2D eigenvalue weighted by Crippen LogP contribution is -2.45. The van der Waals surface area contributed by atoms with E-state index in [1.807, 2.05) is 24.4 Å². The Morgan fingerprint density at radius 2 is 1.19 bits per heavy atom. The number of hydrogen-bond donors (Lipinski definition) is 0. The highest BCUT2D eigenvalue weighted by atomic mass is 16.5. The van der Waals surface area contributed by atoms with Gasteiger partial charge in [0.15, 0.2) is 0 Å². The molecule has 0 saturated heterocycles. The van der Waals surface area contributed by atoms with Crippen molar-refractivity contribution in [2.24, 2.45) is 0 Å². The molecule has 0 radical (unpaired) electrons. The minimum absolute atomic E-state index is 0.0617. The fraction of sp³-hybridized carbons (Fsp3) is 0.0392. The van der Waals surface area contributed by atoms with Crippen LogP contribution in [0.5, 0.6) is 11.5 Å². The predicted octanol–water partition coefficient (Wildman–Crippen LogP) is 12.7. The standard InChI is InChI=1S/C51H38BN5O/c1-52-49-34-54(51-41(36-16-5-2-6-17-36)23-15-24-42(51)37-18-7-3-8-19-37)35-55(49)48-33-40(28-30-46(48)57(52)38-20-9-4-10-21-38)58-39-27-29-44-43-22-11-12-25-45(43)56(47(44)32-39)50-26-13-14-31-53-50/h2-34H,35H2,1H3. The second kappa shape index (κ2) is 13.9. The largest absolute Gasteiger partial charge is 0.457 e. The third-order valence-corrected chi connectivity index (χ3v) is 11.5. The first-order chi connectivity index (χ1) is 28.7. The number of aromatic nitrogens is 2. The van der Waals surface area contributed by atoms with Crippen molar-refractivity contribution in [3.63, 3.8) is 0 Å². The Hall–Kier alpha value is -7.51. The second-order valence-corrected chi connectivity index (χ2v) is 14.9. The first-order valence-electron chi connectivity index (χ1n) is 19.8. The van der Waals surface area contributed by atoms with Crippen LogP contribution in [-0.2, 0) is 0 Å². The zero-order chi connectivity index (χ0) is 38.6. The van der Waals surface area contributed by atoms with E-state index in [4.69, 9.17) is 9.72 Å². The van der Waals surface area contributed by atoms with Gasteiger partial charge in [-0.1, -0.05) is 128 Å². The van der Waals surface area contributed by atoms with Gasteiger partial charge in [0.2, 0.25) is 0 Å². The number of hydrogen-bond acceptors (Lipinski definition) is 5. The van der Waals surface area contributed by atoms with E-state index in [0.29, 0.717) is 6.67 Å². The summed E-state index contributed by atoms with van der Waals surface area (Å²) in [6.45, 7) is 3.02. The summed E-state index contributed by atoms with van der Waals surface area (Å²) >= 11 is 0. The zero-order valence-corrected chi connectivity index (χ0v) is 32.0. The Balaban J connectivity index is 1.03. The van der Waals surface area contributed by atoms with Gasteiger partial charge in [-0.2, -0.15) is 0 Å². The molecule has 0 spiro atoms. The molecule has 2 aliphatic rings. The molecule has 58 heavy (non-hydrogen) atoms. The van der Waals surface area contributed by atoms with Crippen LogP contribution in [0.2, 0.25) is 6.82 Å². The van der Waals surface area contributed by atoms with Crippen molar-refractivity contribution in [1.82, 2.24) is 9.55 Å². The van der Waals surface area contributed by atoms with E-state index in [2.05, 4.69) is 202 Å². The maximum absolute atomic E-state index is 6.81. The smallest absolute Gasteiger partial charge is 0.310 e. The van der Waals surface area contributed by atoms with Crippen LogP contribution in [0.1, 0.15) is 0 Å². The van der Waals surface area contributed by atoms with Gasteiger partial charge < -0.3 is 19.3 Å². The maximum Gasteiger partial charge on any atom is 0.310 e. The van der Waals surface area contributed by atoms with Crippen LogP contribution >= 0.6 is 0 Å². The van der Waals surface area contributed by atoms with Gasteiger partial charge in [-0.25, -0.2) is 4.98 Å². The number of ether oxygens (including phenoxy) is 1. The quantitative estimate of drug-likeness (QED) is 0.152. The monoisotopic (exact) mass is 747 g/mol. The molecule has 0 amide bonds. The minimum atomic E-state index is 0.0617. The molecule has 0 aliphatic carbocycles. The van der Waals surface area contributed by atoms with Gasteiger partial charge >= 0.3 is 6.85 Å². The van der Waals surface area contributed by atoms with Crippen molar-refractivity contribution in [2.75, 3.05) is 21.3 Å². The van der Waals surface area contributed by atoms with E-state index in [-0.39, 0.29) is 6.85 Å². The van der Waals surface area contributed by atoms with Crippen LogP contribution in [0.3, 0.4) is 0 Å². The van der Waals surface area contributed by atoms with E-state index in [9.17, 15) is 0 Å². The summed E-state index contributed by atoms with van der Waals surface area (Å²) < 4.78 is 9.03. The Kier molecular flexibility index (Phi) is 8.10. The van der Waals surface area contributed by atoms with Crippen LogP contribution < -0.4 is 19.3 Å². The molecule has 2 aliphatic heterocycles. The van der Waals surface area contributed by atoms with Crippen molar-refractivity contribution in [3.05, 3.63) is 206 Å². The highest BCUT2D eigenvalue weighted by Crippen LogP contribution is 2.49. The third-order valence-electron chi connectivity index (χ3n) is 11.5. The van der Waals surface area contributed by atoms with Gasteiger partial charge in [-0.05, 0) is 65.7 Å². The number of pyridine rings is 1. The van der Waals surface area contributed by atoms with Crippen LogP contribution in [0.25, 0.3) is 49.9 Å². The van der Waals surface area contributed by atoms with Crippen molar-refractivity contribution >= 4 is 51.4 Å². The zero-order valence-electron chi connectivity index (χ0n) is 32.0. The highest BCUT2D eigenvalue weighted by molar-refractivity contribution is 6.72. The molecule has 11 rings (SSSR count). The van der Waals surface area contributed by atoms with Gasteiger partial charge in [-0.3, -0.25) is 4.57 Å². The molecule has 0 saturated carbocycles. The number of nitrogens with zero attached hydrogens (tertiary/aromatic N) is 5. The highest BCUT2D eigenvalue weighted by Gasteiger charge is 2.41. The first-order valence-corrected chi connectivity index (χ1v) is 19.8. The van der Waals surface area contributed by atoms with Gasteiger partial charge in [0.1, 0.15) is 17.3 Å². The average Bonchev–Trinajstić information content (AvgIpc) is 3.88. The molecule has 9 aromatic rings. The Bertz CT molecular complexity index is 2930. The van der Waals surface area contributed by atoms with Crippen LogP contribution in [0.4, 0.5) is 22.7 Å². The molecule has 7 aromatic carbocycles. The Labute approximate surface area is 338 Å². The first kappa shape index (κ1) is 33.8. The predicted molar refractivity (Wildman–Crippen MR) is 241 cm³/mol. The number of para-hydroxylation sites is 3. The molecule has 0 unspecified atom stereocenters. The summed E-state index contributed by atoms with van der Waals surface area (Å²) in [5, 5.41) is 2.34. The second-order valence-electron chi connectivity index (χ2n) is 14.9. The van der Waals surface area contributed by atoms with Crippen molar-refractivity contribution < 1.29 is 4.74 Å². The van der Waals surface area contributed by atoms with Crippen molar-refractivity contribution in [1.29, 1.82) is 0 Å². The lowest BCUT2D eigenvalue weighted by atomic mass is 9.57. The van der Waals surface area contributed by atoms with Crippen LogP contribution in [0.15, 0.2) is 206 Å². The average molecular weight is 748 g/mol. The van der Waals surface area contributed by atoms with Gasteiger partial charge in [0.25, 0.3) is 0 Å². The topological polar surface area (TPSA) is 36.8 Å². The lowest BCUT2D eigenvalue weighted by Gasteiger charge is -2.41. The summed E-state index contributed by atoms with van der Waals surface area (Å²) in [6, 6.07) is 66.2. The van der Waals surface area contributed by atoms with Crippen molar-refractivity contribution in [2.45, 2.75) is 6.82 Å². The molecule has 6 nitrogen and oxygen atoms in total. The third kappa shape index (κ3) is 5.62. The minimum Gasteiger partial charge on any atom is -0.457 e. The van der Waals surface area contributed by atoms with E-state index < -0.39 is 0 Å². The Morgan fingerprint density at radius 1 is 0.552 bits per heavy atom. The summed E-state index contributed by atoms with van der Waals surface area (Å²) in [4.78, 5) is 12.1. The summed E-state index contributed by atoms with van der Waals surface area (Å²) in [5.41, 5.74) is 12.7. The molecule has 0 atom stereocenters. The number of fused-ring (bicyclic) bond motifs is 6. The van der Waals surface area contributed by atoms with E-state index in [1.54, 1.807) is 0 Å². The summed E-state index contributed by atoms with van der Waals surface area (Å²) in [5.74, 6) is 2.41. The van der Waals surface area contributed by atoms with E-state index in [1.165, 1.54) is 38.9 Å². The lowest BCUT2D eigenvalue weighted by molar-refractivity contribution is 0.483. The van der Waals surface area contributed by atoms with E-state index >= 15 is 0 Å². The molecule has 276 valence electrons. The van der Waals surface area contributed by atoms with E-state index in [0.717, 1.165) is 50.8 Å². The molecule has 2 aromatic heterocycles. The number of rotatable bonds is 7. The molecular weight excluding hydrogens is 709 g/mol. The van der Waals surface area contributed by atoms with Crippen LogP contribution in [-0.4, -0.2) is 23.1 Å². The number of benzene rings is 7.